The first-order chi connectivity index (χ1) is 4.57. The van der Waals surface area contributed by atoms with Crippen LogP contribution < -0.4 is 5.73 Å². The van der Waals surface area contributed by atoms with Gasteiger partial charge in [-0.25, -0.2) is 0 Å². The summed E-state index contributed by atoms with van der Waals surface area (Å²) >= 11 is 0. The summed E-state index contributed by atoms with van der Waals surface area (Å²) < 4.78 is 4.74. The molecule has 10 heavy (non-hydrogen) atoms. The van der Waals surface area contributed by atoms with E-state index in [1.165, 1.54) is 0 Å². The van der Waals surface area contributed by atoms with Gasteiger partial charge in [0.15, 0.2) is 0 Å². The second-order valence-electron chi connectivity index (χ2n) is 2.13. The summed E-state index contributed by atoms with van der Waals surface area (Å²) in [5.74, 6) is -0.992. The minimum absolute atomic E-state index is 0.129. The van der Waals surface area contributed by atoms with Crippen LogP contribution in [-0.2, 0) is 9.32 Å². The fourth-order valence-corrected chi connectivity index (χ4v) is 0.625. The quantitative estimate of drug-likeness (QED) is 0.574. The molecule has 0 bridgehead atoms. The Morgan fingerprint density at radius 1 is 1.90 bits per heavy atom. The fraction of sp³-hybridized carbons (Fsp3) is 0.800. The Hall–Kier alpha value is -0.180. The normalized spacial score (nSPS) is 16.3. The van der Waals surface area contributed by atoms with Crippen LogP contribution in [0.25, 0.3) is 0 Å². The number of carboxylic acid groups (broad SMARTS) is 1. The van der Waals surface area contributed by atoms with Crippen LogP contribution in [0.15, 0.2) is 0 Å². The van der Waals surface area contributed by atoms with E-state index in [0.717, 1.165) is 0 Å². The van der Waals surface area contributed by atoms with Crippen LogP contribution >= 0.6 is 9.47 Å². The highest BCUT2D eigenvalue weighted by Gasteiger charge is 2.14. The van der Waals surface area contributed by atoms with Gasteiger partial charge >= 0.3 is 5.97 Å². The van der Waals surface area contributed by atoms with E-state index in [-0.39, 0.29) is 6.10 Å². The molecule has 0 fully saturated rings. The smallest absolute Gasteiger partial charge is 0.320 e. The molecule has 0 aromatic heterocycles. The first-order valence-electron chi connectivity index (χ1n) is 2.91. The van der Waals surface area contributed by atoms with Crippen molar-refractivity contribution in [3.8, 4) is 0 Å². The first-order valence-corrected chi connectivity index (χ1v) is 3.39. The molecular formula is C5H12NO3P. The number of rotatable bonds is 4. The number of carbonyl (C=O) groups is 1. The third-order valence-electron chi connectivity index (χ3n) is 1.14. The lowest BCUT2D eigenvalue weighted by molar-refractivity contribution is -0.139. The van der Waals surface area contributed by atoms with Crippen molar-refractivity contribution < 1.29 is 14.4 Å². The lowest BCUT2D eigenvalue weighted by atomic mass is 10.1. The summed E-state index contributed by atoms with van der Waals surface area (Å²) in [7, 11) is 2.07. The minimum Gasteiger partial charge on any atom is -0.480 e. The number of hydrogen-bond donors (Lipinski definition) is 2. The third kappa shape index (κ3) is 3.77. The van der Waals surface area contributed by atoms with Gasteiger partial charge in [0.05, 0.1) is 6.10 Å². The van der Waals surface area contributed by atoms with Crippen molar-refractivity contribution in [2.75, 3.05) is 0 Å². The Morgan fingerprint density at radius 2 is 2.40 bits per heavy atom. The molecule has 0 aromatic rings. The van der Waals surface area contributed by atoms with Crippen molar-refractivity contribution in [3.05, 3.63) is 0 Å². The maximum atomic E-state index is 10.2. The zero-order chi connectivity index (χ0) is 8.15. The molecule has 3 unspecified atom stereocenters. The standard InChI is InChI=1S/C5H12NO3P/c1-3(9-10)2-4(6)5(7)8/h3-4H,2,6,10H2,1H3,(H,7,8). The lowest BCUT2D eigenvalue weighted by Gasteiger charge is -2.11. The van der Waals surface area contributed by atoms with E-state index in [9.17, 15) is 4.79 Å². The molecule has 0 saturated heterocycles. The van der Waals surface area contributed by atoms with Crippen molar-refractivity contribution in [1.29, 1.82) is 0 Å². The van der Waals surface area contributed by atoms with Gasteiger partial charge in [0.1, 0.15) is 6.04 Å². The number of carboxylic acids is 1. The Labute approximate surface area is 62.0 Å². The Morgan fingerprint density at radius 3 is 2.70 bits per heavy atom. The summed E-state index contributed by atoms with van der Waals surface area (Å²) in [6, 6.07) is -0.824. The highest BCUT2D eigenvalue weighted by molar-refractivity contribution is 7.09. The van der Waals surface area contributed by atoms with Crippen LogP contribution in [0.2, 0.25) is 0 Å². The predicted octanol–water partition coefficient (Wildman–Crippen LogP) is -0.0164. The van der Waals surface area contributed by atoms with Gasteiger partial charge in [-0.1, -0.05) is 0 Å². The first kappa shape index (κ1) is 9.82. The molecule has 3 N–H and O–H groups in total. The van der Waals surface area contributed by atoms with Crippen molar-refractivity contribution >= 4 is 15.4 Å². The molecule has 3 atom stereocenters. The molecule has 0 amide bonds. The predicted molar refractivity (Wildman–Crippen MR) is 40.5 cm³/mol. The average molecular weight is 165 g/mol. The second kappa shape index (κ2) is 4.61. The van der Waals surface area contributed by atoms with E-state index >= 15 is 0 Å². The van der Waals surface area contributed by atoms with E-state index in [1.807, 2.05) is 0 Å². The number of nitrogens with two attached hydrogens (primary N) is 1. The van der Waals surface area contributed by atoms with Crippen molar-refractivity contribution in [3.63, 3.8) is 0 Å². The van der Waals surface area contributed by atoms with Crippen LogP contribution in [-0.4, -0.2) is 23.2 Å². The van der Waals surface area contributed by atoms with E-state index in [0.29, 0.717) is 6.42 Å². The Balaban J connectivity index is 3.56. The van der Waals surface area contributed by atoms with Gasteiger partial charge in [0, 0.05) is 9.47 Å². The van der Waals surface area contributed by atoms with E-state index in [2.05, 4.69) is 9.47 Å². The fourth-order valence-electron chi connectivity index (χ4n) is 0.514. The summed E-state index contributed by atoms with van der Waals surface area (Å²) in [6.07, 6.45) is 0.204. The van der Waals surface area contributed by atoms with Crippen molar-refractivity contribution in [2.24, 2.45) is 5.73 Å². The zero-order valence-electron chi connectivity index (χ0n) is 5.78. The maximum Gasteiger partial charge on any atom is 0.320 e. The molecule has 5 heteroatoms. The van der Waals surface area contributed by atoms with Gasteiger partial charge in [0.25, 0.3) is 0 Å². The summed E-state index contributed by atoms with van der Waals surface area (Å²) in [5.41, 5.74) is 5.20. The van der Waals surface area contributed by atoms with Gasteiger partial charge in [-0.05, 0) is 13.3 Å². The van der Waals surface area contributed by atoms with Crippen molar-refractivity contribution in [1.82, 2.24) is 0 Å². The molecule has 4 nitrogen and oxygen atoms in total. The maximum absolute atomic E-state index is 10.2. The summed E-state index contributed by atoms with van der Waals surface area (Å²) in [5, 5.41) is 8.34. The van der Waals surface area contributed by atoms with Crippen LogP contribution in [0.4, 0.5) is 0 Å². The highest BCUT2D eigenvalue weighted by Crippen LogP contribution is 2.03. The summed E-state index contributed by atoms with van der Waals surface area (Å²) in [4.78, 5) is 10.2. The number of hydrogen-bond acceptors (Lipinski definition) is 3. The molecule has 0 aliphatic heterocycles. The van der Waals surface area contributed by atoms with E-state index in [4.69, 9.17) is 15.4 Å². The monoisotopic (exact) mass is 165 g/mol. The SMILES string of the molecule is CC(CC(N)C(=O)O)OP. The third-order valence-corrected chi connectivity index (χ3v) is 1.60. The van der Waals surface area contributed by atoms with Crippen LogP contribution in [0, 0.1) is 0 Å². The van der Waals surface area contributed by atoms with Gasteiger partial charge < -0.3 is 15.4 Å². The van der Waals surface area contributed by atoms with Gasteiger partial charge in [-0.15, -0.1) is 0 Å². The molecule has 0 saturated carbocycles. The van der Waals surface area contributed by atoms with Crippen LogP contribution in [0.1, 0.15) is 13.3 Å². The molecule has 0 spiro atoms. The van der Waals surface area contributed by atoms with Gasteiger partial charge in [-0.3, -0.25) is 4.79 Å². The molecule has 0 aliphatic carbocycles. The topological polar surface area (TPSA) is 72.6 Å². The average Bonchev–Trinajstić information content (AvgIpc) is 1.87. The Kier molecular flexibility index (Phi) is 4.52. The lowest BCUT2D eigenvalue weighted by Crippen LogP contribution is -2.33. The van der Waals surface area contributed by atoms with Crippen LogP contribution in [0.5, 0.6) is 0 Å². The molecule has 0 aromatic carbocycles. The van der Waals surface area contributed by atoms with Gasteiger partial charge in [0.2, 0.25) is 0 Å². The minimum atomic E-state index is -0.992. The molecule has 0 radical (unpaired) electrons. The molecule has 0 aliphatic rings. The number of aliphatic carboxylic acids is 1. The van der Waals surface area contributed by atoms with E-state index < -0.39 is 12.0 Å². The molecule has 60 valence electrons. The summed E-state index contributed by atoms with van der Waals surface area (Å²) in [6.45, 7) is 1.76. The molecular weight excluding hydrogens is 153 g/mol. The Bertz CT molecular complexity index is 119. The molecule has 0 heterocycles. The largest absolute Gasteiger partial charge is 0.480 e. The molecule has 0 rings (SSSR count). The van der Waals surface area contributed by atoms with E-state index in [1.54, 1.807) is 6.92 Å². The van der Waals surface area contributed by atoms with Crippen molar-refractivity contribution in [2.45, 2.75) is 25.5 Å². The highest BCUT2D eigenvalue weighted by atomic mass is 31.0. The zero-order valence-corrected chi connectivity index (χ0v) is 6.93. The van der Waals surface area contributed by atoms with Crippen LogP contribution in [0.3, 0.4) is 0 Å². The second-order valence-corrected chi connectivity index (χ2v) is 2.40. The van der Waals surface area contributed by atoms with Gasteiger partial charge in [-0.2, -0.15) is 0 Å².